The summed E-state index contributed by atoms with van der Waals surface area (Å²) in [6.45, 7) is 11.0. The van der Waals surface area contributed by atoms with Crippen LogP contribution in [0.1, 0.15) is 59.8 Å². The quantitative estimate of drug-likeness (QED) is 0.583. The van der Waals surface area contributed by atoms with Crippen LogP contribution in [-0.2, 0) is 0 Å². The highest BCUT2D eigenvalue weighted by molar-refractivity contribution is 4.84. The van der Waals surface area contributed by atoms with E-state index in [-0.39, 0.29) is 0 Å². The molecule has 15 heavy (non-hydrogen) atoms. The van der Waals surface area contributed by atoms with Crippen LogP contribution in [0.3, 0.4) is 0 Å². The van der Waals surface area contributed by atoms with Crippen molar-refractivity contribution in [2.45, 2.75) is 59.8 Å². The van der Waals surface area contributed by atoms with Gasteiger partial charge in [0.1, 0.15) is 0 Å². The molecule has 92 valence electrons. The third-order valence-corrected chi connectivity index (χ3v) is 3.16. The van der Waals surface area contributed by atoms with Crippen LogP contribution in [0.15, 0.2) is 0 Å². The van der Waals surface area contributed by atoms with E-state index < -0.39 is 0 Å². The molecule has 1 heterocycles. The van der Waals surface area contributed by atoms with Gasteiger partial charge in [-0.05, 0) is 31.7 Å². The lowest BCUT2D eigenvalue weighted by molar-refractivity contribution is 0.299. The minimum atomic E-state index is 1.07. The summed E-state index contributed by atoms with van der Waals surface area (Å²) in [5, 5.41) is 0. The van der Waals surface area contributed by atoms with Crippen LogP contribution in [-0.4, -0.2) is 25.0 Å². The maximum absolute atomic E-state index is 2.50. The molecule has 0 N–H and O–H groups in total. The van der Waals surface area contributed by atoms with Crippen molar-refractivity contribution in [3.05, 3.63) is 0 Å². The van der Waals surface area contributed by atoms with E-state index in [0.717, 1.165) is 11.8 Å². The summed E-state index contributed by atoms with van der Waals surface area (Å²) in [5.41, 5.74) is 0. The molecule has 2 rings (SSSR count). The summed E-state index contributed by atoms with van der Waals surface area (Å²) in [4.78, 5) is 2.50. The highest BCUT2D eigenvalue weighted by Gasteiger charge is 2.31. The number of likely N-dealkylation sites (tertiary alicyclic amines) is 1. The van der Waals surface area contributed by atoms with E-state index in [2.05, 4.69) is 25.8 Å². The molecule has 1 saturated carbocycles. The topological polar surface area (TPSA) is 3.24 Å². The number of hydrogen-bond acceptors (Lipinski definition) is 1. The first kappa shape index (κ1) is 15.0. The number of hydrogen-bond donors (Lipinski definition) is 0. The molecular weight excluding hydrogens is 182 g/mol. The minimum absolute atomic E-state index is 1.07. The van der Waals surface area contributed by atoms with Gasteiger partial charge >= 0.3 is 0 Å². The Labute approximate surface area is 97.2 Å². The van der Waals surface area contributed by atoms with E-state index >= 15 is 0 Å². The second kappa shape index (κ2) is 9.21. The van der Waals surface area contributed by atoms with E-state index in [0.29, 0.717) is 0 Å². The predicted molar refractivity (Wildman–Crippen MR) is 70.3 cm³/mol. The van der Waals surface area contributed by atoms with Gasteiger partial charge in [0.15, 0.2) is 0 Å². The van der Waals surface area contributed by atoms with Gasteiger partial charge in [0, 0.05) is 13.1 Å². The molecule has 1 aliphatic carbocycles. The van der Waals surface area contributed by atoms with Crippen molar-refractivity contribution >= 4 is 0 Å². The molecule has 1 aliphatic heterocycles. The van der Waals surface area contributed by atoms with Gasteiger partial charge in [-0.15, -0.1) is 0 Å². The van der Waals surface area contributed by atoms with Crippen LogP contribution in [0, 0.1) is 11.8 Å². The Morgan fingerprint density at radius 2 is 1.27 bits per heavy atom. The smallest absolute Gasteiger partial charge is 0.000985 e. The van der Waals surface area contributed by atoms with Crippen LogP contribution >= 0.6 is 0 Å². The minimum Gasteiger partial charge on any atom is -0.306 e. The Balaban J connectivity index is 0.000000342. The van der Waals surface area contributed by atoms with Gasteiger partial charge in [0.2, 0.25) is 0 Å². The lowest BCUT2D eigenvalue weighted by Gasteiger charge is -2.23. The molecule has 2 aliphatic rings. The molecule has 1 saturated heterocycles. The normalized spacial score (nSPS) is 29.4. The fourth-order valence-corrected chi connectivity index (χ4v) is 2.64. The third-order valence-electron chi connectivity index (χ3n) is 3.16. The molecule has 1 heteroatoms. The van der Waals surface area contributed by atoms with Crippen LogP contribution in [0.4, 0.5) is 0 Å². The van der Waals surface area contributed by atoms with Crippen molar-refractivity contribution in [3.8, 4) is 0 Å². The van der Waals surface area contributed by atoms with Crippen molar-refractivity contribution in [2.75, 3.05) is 20.1 Å². The molecule has 0 spiro atoms. The SMILES string of the molecule is CC.CCC.CN1CC2CCCCC2C1. The number of fused-ring (bicyclic) bond motifs is 1. The summed E-state index contributed by atoms with van der Waals surface area (Å²) < 4.78 is 0. The molecule has 2 atom stereocenters. The van der Waals surface area contributed by atoms with Crippen molar-refractivity contribution < 1.29 is 0 Å². The maximum Gasteiger partial charge on any atom is 0.000985 e. The Morgan fingerprint density at radius 3 is 1.60 bits per heavy atom. The first-order valence-electron chi connectivity index (χ1n) is 6.96. The van der Waals surface area contributed by atoms with Crippen molar-refractivity contribution in [1.29, 1.82) is 0 Å². The molecular formula is C14H31N. The van der Waals surface area contributed by atoms with Crippen LogP contribution in [0.5, 0.6) is 0 Å². The van der Waals surface area contributed by atoms with E-state index in [9.17, 15) is 0 Å². The highest BCUT2D eigenvalue weighted by Crippen LogP contribution is 2.34. The van der Waals surface area contributed by atoms with E-state index in [1.54, 1.807) is 0 Å². The molecule has 0 aromatic heterocycles. The van der Waals surface area contributed by atoms with Gasteiger partial charge in [-0.1, -0.05) is 47.0 Å². The Morgan fingerprint density at radius 1 is 0.933 bits per heavy atom. The summed E-state index contributed by atoms with van der Waals surface area (Å²) >= 11 is 0. The van der Waals surface area contributed by atoms with Gasteiger partial charge in [-0.2, -0.15) is 0 Å². The standard InChI is InChI=1S/C9H17N.C3H8.C2H6/c1-10-6-8-4-2-3-5-9(8)7-10;1-3-2;1-2/h8-9H,2-7H2,1H3;3H2,1-2H3;1-2H3. The summed E-state index contributed by atoms with van der Waals surface area (Å²) in [6, 6.07) is 0. The molecule has 0 radical (unpaired) electrons. The largest absolute Gasteiger partial charge is 0.306 e. The number of nitrogens with zero attached hydrogens (tertiary/aromatic N) is 1. The van der Waals surface area contributed by atoms with Crippen molar-refractivity contribution in [3.63, 3.8) is 0 Å². The van der Waals surface area contributed by atoms with Gasteiger partial charge in [-0.3, -0.25) is 0 Å². The molecule has 0 amide bonds. The molecule has 0 aromatic rings. The third kappa shape index (κ3) is 5.55. The fraction of sp³-hybridized carbons (Fsp3) is 1.00. The van der Waals surface area contributed by atoms with E-state index in [1.165, 1.54) is 45.2 Å². The van der Waals surface area contributed by atoms with Crippen molar-refractivity contribution in [2.24, 2.45) is 11.8 Å². The average Bonchev–Trinajstić information content (AvgIpc) is 2.62. The summed E-state index contributed by atoms with van der Waals surface area (Å²) in [5.74, 6) is 2.14. The van der Waals surface area contributed by atoms with Gasteiger partial charge < -0.3 is 4.90 Å². The molecule has 0 aromatic carbocycles. The Hall–Kier alpha value is -0.0400. The van der Waals surface area contributed by atoms with Gasteiger partial charge in [0.05, 0.1) is 0 Å². The van der Waals surface area contributed by atoms with E-state index in [1.807, 2.05) is 13.8 Å². The van der Waals surface area contributed by atoms with Gasteiger partial charge in [-0.25, -0.2) is 0 Å². The average molecular weight is 213 g/mol. The second-order valence-corrected chi connectivity index (χ2v) is 4.73. The zero-order valence-corrected chi connectivity index (χ0v) is 11.6. The molecule has 0 bridgehead atoms. The second-order valence-electron chi connectivity index (χ2n) is 4.73. The van der Waals surface area contributed by atoms with Crippen LogP contribution in [0.25, 0.3) is 0 Å². The predicted octanol–water partition coefficient (Wildman–Crippen LogP) is 4.18. The lowest BCUT2D eigenvalue weighted by atomic mass is 9.82. The summed E-state index contributed by atoms with van der Waals surface area (Å²) in [6.07, 6.45) is 7.26. The first-order chi connectivity index (χ1) is 7.27. The zero-order chi connectivity index (χ0) is 11.7. The van der Waals surface area contributed by atoms with Crippen LogP contribution < -0.4 is 0 Å². The van der Waals surface area contributed by atoms with Crippen LogP contribution in [0.2, 0.25) is 0 Å². The molecule has 2 unspecified atom stereocenters. The molecule has 1 nitrogen and oxygen atoms in total. The highest BCUT2D eigenvalue weighted by atomic mass is 15.1. The first-order valence-corrected chi connectivity index (χ1v) is 6.96. The van der Waals surface area contributed by atoms with Crippen molar-refractivity contribution in [1.82, 2.24) is 4.90 Å². The Bertz CT molecular complexity index is 119. The number of rotatable bonds is 0. The fourth-order valence-electron chi connectivity index (χ4n) is 2.64. The lowest BCUT2D eigenvalue weighted by Crippen LogP contribution is -2.16. The Kier molecular flexibility index (Phi) is 9.18. The van der Waals surface area contributed by atoms with E-state index in [4.69, 9.17) is 0 Å². The molecule has 2 fully saturated rings. The summed E-state index contributed by atoms with van der Waals surface area (Å²) in [7, 11) is 2.26. The maximum atomic E-state index is 2.50. The monoisotopic (exact) mass is 213 g/mol. The van der Waals surface area contributed by atoms with Gasteiger partial charge in [0.25, 0.3) is 0 Å². The zero-order valence-electron chi connectivity index (χ0n) is 11.6.